The lowest BCUT2D eigenvalue weighted by Crippen LogP contribution is -2.30. The monoisotopic (exact) mass is 663 g/mol. The van der Waals surface area contributed by atoms with E-state index in [1.165, 1.54) is 17.8 Å². The van der Waals surface area contributed by atoms with E-state index in [0.29, 0.717) is 22.8 Å². The number of furan rings is 1. The standard InChI is InChI=1S/C41H33N3O4S/c1-28-13-11-12-20-35(28)43-41(47)38(30-16-7-3-8-17-30)49-34-24-21-32(22-25-34)42-40(46)36(44-39(45)31-18-9-4-10-19-31)27-33-23-26-37(48-33)29-14-5-2-6-15-29/h2-27,38H,1H3,(H,42,46)(H,43,47)(H,44,45)/b36-27+/t38-/m0/s1. The number of para-hydroxylation sites is 1. The summed E-state index contributed by atoms with van der Waals surface area (Å²) in [5, 5.41) is 8.18. The first-order valence-electron chi connectivity index (χ1n) is 15.7. The Morgan fingerprint density at radius 3 is 2.00 bits per heavy atom. The first-order valence-corrected chi connectivity index (χ1v) is 16.5. The molecule has 1 heterocycles. The Morgan fingerprint density at radius 1 is 0.673 bits per heavy atom. The Labute approximate surface area is 289 Å². The van der Waals surface area contributed by atoms with Crippen molar-refractivity contribution in [2.75, 3.05) is 10.6 Å². The Morgan fingerprint density at radius 2 is 1.31 bits per heavy atom. The number of hydrogen-bond acceptors (Lipinski definition) is 5. The predicted molar refractivity (Wildman–Crippen MR) is 196 cm³/mol. The van der Waals surface area contributed by atoms with Gasteiger partial charge in [-0.3, -0.25) is 14.4 Å². The molecule has 0 saturated heterocycles. The van der Waals surface area contributed by atoms with Gasteiger partial charge >= 0.3 is 0 Å². The van der Waals surface area contributed by atoms with Crippen LogP contribution in [0.25, 0.3) is 17.4 Å². The highest BCUT2D eigenvalue weighted by Crippen LogP contribution is 2.37. The molecule has 1 atom stereocenters. The summed E-state index contributed by atoms with van der Waals surface area (Å²) in [6.45, 7) is 1.96. The highest BCUT2D eigenvalue weighted by molar-refractivity contribution is 8.00. The summed E-state index contributed by atoms with van der Waals surface area (Å²) in [5.74, 6) is -0.0580. The van der Waals surface area contributed by atoms with Crippen molar-refractivity contribution < 1.29 is 18.8 Å². The molecular weight excluding hydrogens is 631 g/mol. The minimum atomic E-state index is -0.526. The van der Waals surface area contributed by atoms with Crippen LogP contribution < -0.4 is 16.0 Å². The van der Waals surface area contributed by atoms with Gasteiger partial charge in [-0.25, -0.2) is 0 Å². The van der Waals surface area contributed by atoms with Crippen molar-refractivity contribution in [1.29, 1.82) is 0 Å². The van der Waals surface area contributed by atoms with Crippen molar-refractivity contribution in [3.63, 3.8) is 0 Å². The molecule has 1 aromatic heterocycles. The van der Waals surface area contributed by atoms with Crippen LogP contribution >= 0.6 is 11.8 Å². The van der Waals surface area contributed by atoms with Crippen LogP contribution in [0.5, 0.6) is 0 Å². The summed E-state index contributed by atoms with van der Waals surface area (Å²) in [6, 6.07) is 46.3. The lowest BCUT2D eigenvalue weighted by molar-refractivity contribution is -0.116. The maximum absolute atomic E-state index is 13.6. The summed E-state index contributed by atoms with van der Waals surface area (Å²) in [7, 11) is 0. The van der Waals surface area contributed by atoms with E-state index in [0.717, 1.165) is 27.3 Å². The Hall–Kier alpha value is -6.12. The number of anilines is 2. The zero-order valence-electron chi connectivity index (χ0n) is 26.6. The fourth-order valence-electron chi connectivity index (χ4n) is 5.04. The van der Waals surface area contributed by atoms with Crippen molar-refractivity contribution in [3.05, 3.63) is 180 Å². The molecule has 0 aliphatic heterocycles. The van der Waals surface area contributed by atoms with Crippen molar-refractivity contribution in [2.45, 2.75) is 17.1 Å². The van der Waals surface area contributed by atoms with E-state index in [1.54, 1.807) is 42.5 Å². The van der Waals surface area contributed by atoms with Gasteiger partial charge in [-0.05, 0) is 72.6 Å². The van der Waals surface area contributed by atoms with E-state index in [-0.39, 0.29) is 11.6 Å². The first-order chi connectivity index (χ1) is 23.9. The highest BCUT2D eigenvalue weighted by Gasteiger charge is 2.23. The Bertz CT molecular complexity index is 2080. The van der Waals surface area contributed by atoms with Gasteiger partial charge in [0.15, 0.2) is 0 Å². The molecule has 0 aliphatic carbocycles. The molecule has 7 nitrogen and oxygen atoms in total. The lowest BCUT2D eigenvalue weighted by atomic mass is 10.1. The van der Waals surface area contributed by atoms with Gasteiger partial charge in [0, 0.05) is 33.5 Å². The van der Waals surface area contributed by atoms with E-state index < -0.39 is 17.1 Å². The topological polar surface area (TPSA) is 100 Å². The molecule has 242 valence electrons. The van der Waals surface area contributed by atoms with Crippen LogP contribution in [0.2, 0.25) is 0 Å². The molecule has 5 aromatic carbocycles. The van der Waals surface area contributed by atoms with Gasteiger partial charge in [-0.1, -0.05) is 97.1 Å². The van der Waals surface area contributed by atoms with E-state index in [4.69, 9.17) is 4.42 Å². The molecular formula is C41H33N3O4S. The van der Waals surface area contributed by atoms with Crippen LogP contribution in [-0.2, 0) is 9.59 Å². The smallest absolute Gasteiger partial charge is 0.272 e. The van der Waals surface area contributed by atoms with Gasteiger partial charge < -0.3 is 20.4 Å². The summed E-state index contributed by atoms with van der Waals surface area (Å²) >= 11 is 1.41. The molecule has 3 amide bonds. The van der Waals surface area contributed by atoms with Crippen LogP contribution in [0.3, 0.4) is 0 Å². The van der Waals surface area contributed by atoms with E-state index >= 15 is 0 Å². The van der Waals surface area contributed by atoms with Crippen LogP contribution in [0.1, 0.15) is 32.5 Å². The second kappa shape index (κ2) is 15.6. The fourth-order valence-corrected chi connectivity index (χ4v) is 6.06. The quantitative estimate of drug-likeness (QED) is 0.0948. The van der Waals surface area contributed by atoms with Gasteiger partial charge in [-0.15, -0.1) is 11.8 Å². The second-order valence-electron chi connectivity index (χ2n) is 11.1. The number of benzene rings is 5. The molecule has 3 N–H and O–H groups in total. The highest BCUT2D eigenvalue weighted by atomic mass is 32.2. The number of carbonyl (C=O) groups is 3. The van der Waals surface area contributed by atoms with Crippen LogP contribution in [0.4, 0.5) is 11.4 Å². The number of hydrogen-bond donors (Lipinski definition) is 3. The SMILES string of the molecule is Cc1ccccc1NC(=O)[C@@H](Sc1ccc(NC(=O)/C(=C\c2ccc(-c3ccccc3)o2)NC(=O)c2ccccc2)cc1)c1ccccc1. The van der Waals surface area contributed by atoms with Crippen LogP contribution in [-0.4, -0.2) is 17.7 Å². The summed E-state index contributed by atoms with van der Waals surface area (Å²) in [4.78, 5) is 41.1. The molecule has 0 bridgehead atoms. The van der Waals surface area contributed by atoms with Crippen LogP contribution in [0, 0.1) is 6.92 Å². The molecule has 0 saturated carbocycles. The van der Waals surface area contributed by atoms with E-state index in [1.807, 2.05) is 116 Å². The van der Waals surface area contributed by atoms with Crippen LogP contribution in [0.15, 0.2) is 167 Å². The summed E-state index contributed by atoms with van der Waals surface area (Å²) < 4.78 is 6.00. The molecule has 0 fully saturated rings. The Kier molecular flexibility index (Phi) is 10.5. The predicted octanol–water partition coefficient (Wildman–Crippen LogP) is 9.14. The maximum Gasteiger partial charge on any atom is 0.272 e. The molecule has 0 spiro atoms. The largest absolute Gasteiger partial charge is 0.457 e. The second-order valence-corrected chi connectivity index (χ2v) is 12.3. The third-order valence-corrected chi connectivity index (χ3v) is 8.88. The summed E-state index contributed by atoms with van der Waals surface area (Å²) in [5.41, 5.74) is 4.43. The molecule has 0 aliphatic rings. The third-order valence-electron chi connectivity index (χ3n) is 7.61. The molecule has 6 rings (SSSR count). The third kappa shape index (κ3) is 8.62. The first kappa shape index (κ1) is 32.8. The van der Waals surface area contributed by atoms with Gasteiger partial charge in [0.25, 0.3) is 11.8 Å². The minimum absolute atomic E-state index is 0.0123. The lowest BCUT2D eigenvalue weighted by Gasteiger charge is -2.18. The van der Waals surface area contributed by atoms with Gasteiger partial charge in [0.2, 0.25) is 5.91 Å². The zero-order valence-corrected chi connectivity index (χ0v) is 27.4. The average molecular weight is 664 g/mol. The fraction of sp³-hybridized carbons (Fsp3) is 0.0488. The van der Waals surface area contributed by atoms with Crippen molar-refractivity contribution >= 4 is 46.9 Å². The number of aryl methyl sites for hydroxylation is 1. The van der Waals surface area contributed by atoms with Crippen molar-refractivity contribution in [3.8, 4) is 11.3 Å². The summed E-state index contributed by atoms with van der Waals surface area (Å²) in [6.07, 6.45) is 1.50. The zero-order chi connectivity index (χ0) is 34.0. The van der Waals surface area contributed by atoms with E-state index in [9.17, 15) is 14.4 Å². The van der Waals surface area contributed by atoms with Gasteiger partial charge in [0.1, 0.15) is 22.5 Å². The molecule has 6 aromatic rings. The number of carbonyl (C=O) groups excluding carboxylic acids is 3. The maximum atomic E-state index is 13.6. The van der Waals surface area contributed by atoms with Gasteiger partial charge in [0.05, 0.1) is 0 Å². The molecule has 49 heavy (non-hydrogen) atoms. The number of rotatable bonds is 11. The Balaban J connectivity index is 1.20. The van der Waals surface area contributed by atoms with E-state index in [2.05, 4.69) is 16.0 Å². The van der Waals surface area contributed by atoms with Crippen molar-refractivity contribution in [2.24, 2.45) is 0 Å². The average Bonchev–Trinajstić information content (AvgIpc) is 3.61. The number of thioether (sulfide) groups is 1. The number of nitrogens with one attached hydrogen (secondary N) is 3. The minimum Gasteiger partial charge on any atom is -0.457 e. The normalized spacial score (nSPS) is 11.7. The number of amides is 3. The molecule has 8 heteroatoms. The van der Waals surface area contributed by atoms with Gasteiger partial charge in [-0.2, -0.15) is 0 Å². The van der Waals surface area contributed by atoms with Crippen molar-refractivity contribution in [1.82, 2.24) is 5.32 Å². The molecule has 0 unspecified atom stereocenters. The molecule has 0 radical (unpaired) electrons.